The van der Waals surface area contributed by atoms with Gasteiger partial charge < -0.3 is 15.2 Å². The summed E-state index contributed by atoms with van der Waals surface area (Å²) in [6.45, 7) is 3.16. The molecule has 2 amide bonds. The van der Waals surface area contributed by atoms with Crippen LogP contribution in [0, 0.1) is 0 Å². The van der Waals surface area contributed by atoms with E-state index in [-0.39, 0.29) is 18.1 Å². The fourth-order valence-electron chi connectivity index (χ4n) is 2.61. The highest BCUT2D eigenvalue weighted by atomic mass is 35.5. The Morgan fingerprint density at radius 2 is 2.12 bits per heavy atom. The zero-order valence-electron chi connectivity index (χ0n) is 14.3. The summed E-state index contributed by atoms with van der Waals surface area (Å²) in [6, 6.07) is 10.8. The quantitative estimate of drug-likeness (QED) is 0.677. The van der Waals surface area contributed by atoms with E-state index < -0.39 is 0 Å². The first-order valence-electron chi connectivity index (χ1n) is 8.31. The van der Waals surface area contributed by atoms with Crippen LogP contribution < -0.4 is 10.9 Å². The summed E-state index contributed by atoms with van der Waals surface area (Å²) in [5.41, 5.74) is 0.425. The molecule has 2 aromatic heterocycles. The first kappa shape index (κ1) is 18.4. The van der Waals surface area contributed by atoms with Gasteiger partial charge in [-0.2, -0.15) is 0 Å². The Morgan fingerprint density at radius 1 is 1.31 bits per heavy atom. The molecule has 0 spiro atoms. The number of thiophene rings is 1. The average molecular weight is 391 g/mol. The van der Waals surface area contributed by atoms with Gasteiger partial charge >= 0.3 is 6.03 Å². The predicted molar refractivity (Wildman–Crippen MR) is 105 cm³/mol. The molecular formula is C18H19ClN4O2S. The van der Waals surface area contributed by atoms with E-state index in [2.05, 4.69) is 15.3 Å². The Kier molecular flexibility index (Phi) is 5.90. The predicted octanol–water partition coefficient (Wildman–Crippen LogP) is 3.41. The van der Waals surface area contributed by atoms with Crippen molar-refractivity contribution in [1.29, 1.82) is 0 Å². The second kappa shape index (κ2) is 8.33. The van der Waals surface area contributed by atoms with Gasteiger partial charge in [0, 0.05) is 18.0 Å². The summed E-state index contributed by atoms with van der Waals surface area (Å²) in [5.74, 6) is 0.468. The molecule has 0 aliphatic heterocycles. The van der Waals surface area contributed by atoms with Crippen molar-refractivity contribution in [1.82, 2.24) is 20.2 Å². The lowest BCUT2D eigenvalue weighted by molar-refractivity contribution is 0.197. The van der Waals surface area contributed by atoms with E-state index in [1.54, 1.807) is 23.1 Å². The van der Waals surface area contributed by atoms with Gasteiger partial charge in [-0.1, -0.05) is 23.7 Å². The van der Waals surface area contributed by atoms with Gasteiger partial charge in [0.15, 0.2) is 0 Å². The fourth-order valence-corrected chi connectivity index (χ4v) is 3.70. The number of carbonyl (C=O) groups excluding carboxylic acids is 1. The van der Waals surface area contributed by atoms with Gasteiger partial charge in [-0.25, -0.2) is 9.78 Å². The number of amides is 2. The number of hydrogen-bond donors (Lipinski definition) is 2. The summed E-state index contributed by atoms with van der Waals surface area (Å²) in [6.07, 6.45) is 0.728. The van der Waals surface area contributed by atoms with Crippen molar-refractivity contribution >= 4 is 39.9 Å². The minimum Gasteiger partial charge on any atom is -0.338 e. The van der Waals surface area contributed by atoms with Crippen LogP contribution in [0.5, 0.6) is 0 Å². The maximum absolute atomic E-state index is 12.4. The maximum atomic E-state index is 12.4. The normalized spacial score (nSPS) is 10.8. The van der Waals surface area contributed by atoms with Crippen LogP contribution in [-0.4, -0.2) is 34.0 Å². The molecule has 8 heteroatoms. The van der Waals surface area contributed by atoms with Crippen molar-refractivity contribution < 1.29 is 4.79 Å². The standard InChI is InChI=1S/C18H19ClN4O2S/c1-2-23(18(25)20-10-9-12-7-8-15(19)26-12)11-16-21-14-6-4-3-5-13(14)17(24)22-16/h3-8H,2,9-11H2,1H3,(H,20,25)(H,21,22,24). The molecule has 0 radical (unpaired) electrons. The SMILES string of the molecule is CCN(Cc1nc2ccccc2c(=O)[nH]1)C(=O)NCCc1ccc(Cl)s1. The largest absolute Gasteiger partial charge is 0.338 e. The molecule has 0 aliphatic rings. The van der Waals surface area contributed by atoms with E-state index in [4.69, 9.17) is 11.6 Å². The topological polar surface area (TPSA) is 78.1 Å². The van der Waals surface area contributed by atoms with Gasteiger partial charge in [-0.05, 0) is 37.6 Å². The number of benzene rings is 1. The number of fused-ring (bicyclic) bond motifs is 1. The molecule has 0 aliphatic carbocycles. The lowest BCUT2D eigenvalue weighted by Crippen LogP contribution is -2.40. The number of carbonyl (C=O) groups is 1. The number of aromatic amines is 1. The highest BCUT2D eigenvalue weighted by Crippen LogP contribution is 2.21. The summed E-state index contributed by atoms with van der Waals surface area (Å²) in [7, 11) is 0. The van der Waals surface area contributed by atoms with Crippen molar-refractivity contribution in [2.45, 2.75) is 19.9 Å². The zero-order valence-corrected chi connectivity index (χ0v) is 15.9. The van der Waals surface area contributed by atoms with Crippen LogP contribution >= 0.6 is 22.9 Å². The van der Waals surface area contributed by atoms with Crippen LogP contribution in [0.4, 0.5) is 4.79 Å². The van der Waals surface area contributed by atoms with Crippen molar-refractivity contribution in [2.24, 2.45) is 0 Å². The zero-order chi connectivity index (χ0) is 18.5. The van der Waals surface area contributed by atoms with Gasteiger partial charge in [0.2, 0.25) is 0 Å². The molecule has 2 N–H and O–H groups in total. The van der Waals surface area contributed by atoms with Crippen LogP contribution in [0.2, 0.25) is 4.34 Å². The van der Waals surface area contributed by atoms with E-state index in [1.165, 1.54) is 11.3 Å². The Labute approximate surface area is 159 Å². The number of halogens is 1. The Balaban J connectivity index is 1.63. The molecule has 0 saturated heterocycles. The molecule has 26 heavy (non-hydrogen) atoms. The molecule has 136 valence electrons. The lowest BCUT2D eigenvalue weighted by atomic mass is 10.2. The van der Waals surface area contributed by atoms with E-state index >= 15 is 0 Å². The van der Waals surface area contributed by atoms with Crippen LogP contribution in [0.1, 0.15) is 17.6 Å². The second-order valence-electron chi connectivity index (χ2n) is 5.73. The number of nitrogens with zero attached hydrogens (tertiary/aromatic N) is 2. The summed E-state index contributed by atoms with van der Waals surface area (Å²) >= 11 is 7.42. The molecule has 6 nitrogen and oxygen atoms in total. The number of rotatable bonds is 6. The third-order valence-corrected chi connectivity index (χ3v) is 5.24. The highest BCUT2D eigenvalue weighted by Gasteiger charge is 2.14. The third-order valence-electron chi connectivity index (χ3n) is 3.95. The minimum atomic E-state index is -0.198. The van der Waals surface area contributed by atoms with Gasteiger partial charge in [-0.3, -0.25) is 4.79 Å². The number of H-pyrrole nitrogens is 1. The monoisotopic (exact) mass is 390 g/mol. The molecule has 3 aromatic rings. The van der Waals surface area contributed by atoms with Gasteiger partial charge in [0.1, 0.15) is 5.82 Å². The van der Waals surface area contributed by atoms with Gasteiger partial charge in [0.05, 0.1) is 21.8 Å². The Bertz CT molecular complexity index is 969. The van der Waals surface area contributed by atoms with Crippen molar-refractivity contribution in [3.8, 4) is 0 Å². The number of aromatic nitrogens is 2. The Hall–Kier alpha value is -2.38. The van der Waals surface area contributed by atoms with Crippen molar-refractivity contribution in [3.63, 3.8) is 0 Å². The molecule has 3 rings (SSSR count). The number of nitrogens with one attached hydrogen (secondary N) is 2. The van der Waals surface area contributed by atoms with Crippen LogP contribution in [0.15, 0.2) is 41.2 Å². The number of para-hydroxylation sites is 1. The molecule has 0 unspecified atom stereocenters. The van der Waals surface area contributed by atoms with E-state index in [9.17, 15) is 9.59 Å². The maximum Gasteiger partial charge on any atom is 0.317 e. The molecule has 2 heterocycles. The number of urea groups is 1. The van der Waals surface area contributed by atoms with Gasteiger partial charge in [-0.15, -0.1) is 11.3 Å². The minimum absolute atomic E-state index is 0.189. The lowest BCUT2D eigenvalue weighted by Gasteiger charge is -2.20. The van der Waals surface area contributed by atoms with Crippen molar-refractivity contribution in [3.05, 3.63) is 61.8 Å². The molecule has 0 bridgehead atoms. The summed E-state index contributed by atoms with van der Waals surface area (Å²) < 4.78 is 0.743. The average Bonchev–Trinajstić information content (AvgIpc) is 3.05. The third kappa shape index (κ3) is 4.42. The highest BCUT2D eigenvalue weighted by molar-refractivity contribution is 7.16. The summed E-state index contributed by atoms with van der Waals surface area (Å²) in [4.78, 5) is 34.5. The fraction of sp³-hybridized carbons (Fsp3) is 0.278. The first-order valence-corrected chi connectivity index (χ1v) is 9.51. The molecule has 0 saturated carbocycles. The second-order valence-corrected chi connectivity index (χ2v) is 7.53. The van der Waals surface area contributed by atoms with E-state index in [0.717, 1.165) is 15.6 Å². The molecule has 0 atom stereocenters. The van der Waals surface area contributed by atoms with Crippen LogP contribution in [0.3, 0.4) is 0 Å². The van der Waals surface area contributed by atoms with E-state index in [1.807, 2.05) is 25.1 Å². The molecule has 0 fully saturated rings. The van der Waals surface area contributed by atoms with E-state index in [0.29, 0.717) is 29.8 Å². The van der Waals surface area contributed by atoms with Gasteiger partial charge in [0.25, 0.3) is 5.56 Å². The van der Waals surface area contributed by atoms with Crippen molar-refractivity contribution in [2.75, 3.05) is 13.1 Å². The smallest absolute Gasteiger partial charge is 0.317 e. The summed E-state index contributed by atoms with van der Waals surface area (Å²) in [5, 5.41) is 3.43. The number of hydrogen-bond acceptors (Lipinski definition) is 4. The van der Waals surface area contributed by atoms with Crippen LogP contribution in [-0.2, 0) is 13.0 Å². The molecular weight excluding hydrogens is 372 g/mol. The molecule has 1 aromatic carbocycles. The van der Waals surface area contributed by atoms with Crippen LogP contribution in [0.25, 0.3) is 10.9 Å². The Morgan fingerprint density at radius 3 is 2.85 bits per heavy atom. The first-order chi connectivity index (χ1) is 12.6.